The van der Waals surface area contributed by atoms with E-state index in [9.17, 15) is 14.0 Å². The van der Waals surface area contributed by atoms with Crippen LogP contribution in [0.25, 0.3) is 10.9 Å². The summed E-state index contributed by atoms with van der Waals surface area (Å²) in [5.41, 5.74) is 3.16. The number of aromatic amines is 1. The Kier molecular flexibility index (Phi) is 6.04. The lowest BCUT2D eigenvalue weighted by atomic mass is 10.0. The van der Waals surface area contributed by atoms with E-state index in [0.717, 1.165) is 34.9 Å². The van der Waals surface area contributed by atoms with Gasteiger partial charge in [0.2, 0.25) is 0 Å². The number of benzene rings is 2. The van der Waals surface area contributed by atoms with Crippen molar-refractivity contribution in [3.8, 4) is 0 Å². The summed E-state index contributed by atoms with van der Waals surface area (Å²) >= 11 is 0. The summed E-state index contributed by atoms with van der Waals surface area (Å²) < 4.78 is 19.8. The second-order valence-electron chi connectivity index (χ2n) is 8.04. The van der Waals surface area contributed by atoms with Crippen molar-refractivity contribution in [1.29, 1.82) is 0 Å². The summed E-state index contributed by atoms with van der Waals surface area (Å²) in [6.07, 6.45) is 1.67. The van der Waals surface area contributed by atoms with E-state index in [-0.39, 0.29) is 23.9 Å². The SMILES string of the molecule is Cc1ccc(C)c2[nH]c(=O)c(CN(C[C@H]3CCCO3)C(=O)Nc3ccccc3F)cc12. The standard InChI is InChI=1S/C24H26FN3O3/c1-15-9-10-16(2)22-19(15)12-17(23(29)27-22)13-28(14-18-6-5-11-31-18)24(30)26-21-8-4-3-7-20(21)25/h3-4,7-10,12,18H,5-6,11,13-14H2,1-2H3,(H,26,30)(H,27,29)/t18-/m1/s1. The number of fused-ring (bicyclic) bond motifs is 1. The molecule has 1 saturated heterocycles. The number of anilines is 1. The van der Waals surface area contributed by atoms with Gasteiger partial charge in [-0.1, -0.05) is 24.3 Å². The summed E-state index contributed by atoms with van der Waals surface area (Å²) in [6, 6.07) is 11.4. The van der Waals surface area contributed by atoms with Crippen LogP contribution in [0.3, 0.4) is 0 Å². The fraction of sp³-hybridized carbons (Fsp3) is 0.333. The fourth-order valence-electron chi connectivity index (χ4n) is 3.95. The smallest absolute Gasteiger partial charge is 0.322 e. The van der Waals surface area contributed by atoms with Gasteiger partial charge >= 0.3 is 6.03 Å². The van der Waals surface area contributed by atoms with Crippen LogP contribution < -0.4 is 10.9 Å². The van der Waals surface area contributed by atoms with Crippen LogP contribution in [0.4, 0.5) is 14.9 Å². The second-order valence-corrected chi connectivity index (χ2v) is 8.04. The van der Waals surface area contributed by atoms with Gasteiger partial charge in [-0.3, -0.25) is 4.79 Å². The van der Waals surface area contributed by atoms with Crippen molar-refractivity contribution in [1.82, 2.24) is 9.88 Å². The molecule has 1 aliphatic rings. The summed E-state index contributed by atoms with van der Waals surface area (Å²) in [6.45, 7) is 5.01. The van der Waals surface area contributed by atoms with Gasteiger partial charge in [0.1, 0.15) is 5.82 Å². The highest BCUT2D eigenvalue weighted by atomic mass is 19.1. The normalized spacial score (nSPS) is 15.9. The molecule has 1 atom stereocenters. The molecule has 0 unspecified atom stereocenters. The zero-order chi connectivity index (χ0) is 22.0. The van der Waals surface area contributed by atoms with E-state index in [4.69, 9.17) is 4.74 Å². The quantitative estimate of drug-likeness (QED) is 0.635. The molecule has 0 saturated carbocycles. The molecular formula is C24H26FN3O3. The number of pyridine rings is 1. The van der Waals surface area contributed by atoms with E-state index < -0.39 is 11.8 Å². The number of aromatic nitrogens is 1. The number of urea groups is 1. The second kappa shape index (κ2) is 8.89. The number of carbonyl (C=O) groups is 1. The molecule has 1 aromatic heterocycles. The molecule has 4 rings (SSSR count). The first-order valence-electron chi connectivity index (χ1n) is 10.5. The number of carbonyl (C=O) groups excluding carboxylic acids is 1. The molecule has 7 heteroatoms. The molecule has 0 spiro atoms. The Morgan fingerprint density at radius 1 is 1.23 bits per heavy atom. The van der Waals surface area contributed by atoms with Crippen molar-refractivity contribution in [2.45, 2.75) is 39.3 Å². The number of para-hydroxylation sites is 1. The topological polar surface area (TPSA) is 74.4 Å². The van der Waals surface area contributed by atoms with Gasteiger partial charge in [-0.25, -0.2) is 9.18 Å². The molecule has 1 fully saturated rings. The van der Waals surface area contributed by atoms with Crippen LogP contribution in [-0.2, 0) is 11.3 Å². The van der Waals surface area contributed by atoms with E-state index in [0.29, 0.717) is 18.7 Å². The molecule has 2 aromatic carbocycles. The largest absolute Gasteiger partial charge is 0.376 e. The number of amides is 2. The number of hydrogen-bond acceptors (Lipinski definition) is 3. The van der Waals surface area contributed by atoms with Crippen LogP contribution in [-0.4, -0.2) is 35.2 Å². The maximum Gasteiger partial charge on any atom is 0.322 e. The first-order chi connectivity index (χ1) is 14.9. The maximum absolute atomic E-state index is 14.1. The molecule has 1 aliphatic heterocycles. The van der Waals surface area contributed by atoms with Crippen LogP contribution in [0.1, 0.15) is 29.5 Å². The Hall–Kier alpha value is -3.19. The average Bonchev–Trinajstić information content (AvgIpc) is 3.26. The van der Waals surface area contributed by atoms with Crippen LogP contribution in [0.5, 0.6) is 0 Å². The van der Waals surface area contributed by atoms with E-state index in [1.54, 1.807) is 12.1 Å². The maximum atomic E-state index is 14.1. The van der Waals surface area contributed by atoms with E-state index in [1.165, 1.54) is 17.0 Å². The summed E-state index contributed by atoms with van der Waals surface area (Å²) in [7, 11) is 0. The lowest BCUT2D eigenvalue weighted by Crippen LogP contribution is -2.41. The summed E-state index contributed by atoms with van der Waals surface area (Å²) in [5.74, 6) is -0.512. The highest BCUT2D eigenvalue weighted by Crippen LogP contribution is 2.22. The first-order valence-corrected chi connectivity index (χ1v) is 10.5. The van der Waals surface area contributed by atoms with E-state index in [1.807, 2.05) is 32.0 Å². The van der Waals surface area contributed by atoms with Gasteiger partial charge < -0.3 is 19.9 Å². The Labute approximate surface area is 180 Å². The molecule has 0 bridgehead atoms. The van der Waals surface area contributed by atoms with Crippen molar-refractivity contribution < 1.29 is 13.9 Å². The molecular weight excluding hydrogens is 397 g/mol. The highest BCUT2D eigenvalue weighted by Gasteiger charge is 2.24. The van der Waals surface area contributed by atoms with Crippen LogP contribution in [0.2, 0.25) is 0 Å². The van der Waals surface area contributed by atoms with Gasteiger partial charge in [-0.05, 0) is 56.0 Å². The lowest BCUT2D eigenvalue weighted by molar-refractivity contribution is 0.0818. The molecule has 2 amide bonds. The molecule has 31 heavy (non-hydrogen) atoms. The highest BCUT2D eigenvalue weighted by molar-refractivity contribution is 5.89. The van der Waals surface area contributed by atoms with Gasteiger partial charge in [-0.15, -0.1) is 0 Å². The molecule has 0 aliphatic carbocycles. The monoisotopic (exact) mass is 423 g/mol. The van der Waals surface area contributed by atoms with Gasteiger partial charge in [0, 0.05) is 24.1 Å². The third-order valence-corrected chi connectivity index (χ3v) is 5.73. The van der Waals surface area contributed by atoms with Crippen molar-refractivity contribution >= 4 is 22.6 Å². The third kappa shape index (κ3) is 4.61. The Balaban J connectivity index is 1.65. The molecule has 0 radical (unpaired) electrons. The Morgan fingerprint density at radius 2 is 2.00 bits per heavy atom. The van der Waals surface area contributed by atoms with Gasteiger partial charge in [0.05, 0.1) is 23.9 Å². The number of halogens is 1. The molecule has 162 valence electrons. The van der Waals surface area contributed by atoms with Gasteiger partial charge in [-0.2, -0.15) is 0 Å². The number of aryl methyl sites for hydroxylation is 2. The van der Waals surface area contributed by atoms with Crippen molar-refractivity contribution in [3.63, 3.8) is 0 Å². The van der Waals surface area contributed by atoms with E-state index >= 15 is 0 Å². The summed E-state index contributed by atoms with van der Waals surface area (Å²) in [4.78, 5) is 30.3. The predicted molar refractivity (Wildman–Crippen MR) is 119 cm³/mol. The molecule has 2 heterocycles. The minimum Gasteiger partial charge on any atom is -0.376 e. The number of nitrogens with one attached hydrogen (secondary N) is 2. The number of ether oxygens (including phenoxy) is 1. The van der Waals surface area contributed by atoms with Crippen molar-refractivity contribution in [2.75, 3.05) is 18.5 Å². The zero-order valence-electron chi connectivity index (χ0n) is 17.7. The zero-order valence-corrected chi connectivity index (χ0v) is 17.7. The van der Waals surface area contributed by atoms with Crippen LogP contribution in [0, 0.1) is 19.7 Å². The minimum absolute atomic E-state index is 0.0960. The summed E-state index contributed by atoms with van der Waals surface area (Å²) in [5, 5.41) is 3.57. The van der Waals surface area contributed by atoms with Crippen LogP contribution in [0.15, 0.2) is 47.3 Å². The predicted octanol–water partition coefficient (Wildman–Crippen LogP) is 4.50. The van der Waals surface area contributed by atoms with Crippen molar-refractivity contribution in [2.24, 2.45) is 0 Å². The van der Waals surface area contributed by atoms with Crippen LogP contribution >= 0.6 is 0 Å². The molecule has 6 nitrogen and oxygen atoms in total. The third-order valence-electron chi connectivity index (χ3n) is 5.73. The minimum atomic E-state index is -0.512. The first kappa shape index (κ1) is 21.1. The Bertz CT molecular complexity index is 1170. The fourth-order valence-corrected chi connectivity index (χ4v) is 3.95. The van der Waals surface area contributed by atoms with Crippen molar-refractivity contribution in [3.05, 3.63) is 75.3 Å². The number of hydrogen-bond donors (Lipinski definition) is 2. The van der Waals surface area contributed by atoms with Gasteiger partial charge in [0.15, 0.2) is 0 Å². The number of H-pyrrole nitrogens is 1. The lowest BCUT2D eigenvalue weighted by Gasteiger charge is -2.26. The average molecular weight is 423 g/mol. The number of rotatable bonds is 5. The Morgan fingerprint density at radius 3 is 2.74 bits per heavy atom. The number of nitrogens with zero attached hydrogens (tertiary/aromatic N) is 1. The van der Waals surface area contributed by atoms with E-state index in [2.05, 4.69) is 10.3 Å². The molecule has 2 N–H and O–H groups in total. The van der Waals surface area contributed by atoms with Gasteiger partial charge in [0.25, 0.3) is 5.56 Å². The molecule has 3 aromatic rings.